The van der Waals surface area contributed by atoms with E-state index in [1.54, 1.807) is 12.1 Å². The van der Waals surface area contributed by atoms with E-state index in [1.807, 2.05) is 0 Å². The summed E-state index contributed by atoms with van der Waals surface area (Å²) in [5.74, 6) is -1.16. The third-order valence-electron chi connectivity index (χ3n) is 3.33. The highest BCUT2D eigenvalue weighted by Crippen LogP contribution is 2.21. The molecule has 1 aromatic carbocycles. The molecule has 1 N–H and O–H groups in total. The molecule has 0 aromatic heterocycles. The predicted octanol–water partition coefficient (Wildman–Crippen LogP) is 3.31. The van der Waals surface area contributed by atoms with Crippen LogP contribution in [0.4, 0.5) is 4.39 Å². The lowest BCUT2D eigenvalue weighted by Gasteiger charge is -2.30. The van der Waals surface area contributed by atoms with Gasteiger partial charge in [-0.05, 0) is 59.6 Å². The third-order valence-corrected chi connectivity index (χ3v) is 3.93. The maximum absolute atomic E-state index is 13.1. The highest BCUT2D eigenvalue weighted by Gasteiger charge is 2.24. The van der Waals surface area contributed by atoms with Gasteiger partial charge in [0, 0.05) is 6.54 Å². The Hall–Kier alpha value is -0.650. The van der Waals surface area contributed by atoms with Crippen molar-refractivity contribution in [2.24, 2.45) is 5.92 Å². The fraction of sp³-hybridized carbons (Fsp3) is 0.462. The number of likely N-dealkylation sites (tertiary alicyclic amines) is 1. The molecule has 3 nitrogen and oxygen atoms in total. The van der Waals surface area contributed by atoms with Crippen LogP contribution in [0.25, 0.3) is 0 Å². The van der Waals surface area contributed by atoms with Crippen LogP contribution < -0.4 is 0 Å². The van der Waals surface area contributed by atoms with Crippen LogP contribution in [0.2, 0.25) is 0 Å². The second kappa shape index (κ2) is 7.22. The smallest absolute Gasteiger partial charge is 0.306 e. The Morgan fingerprint density at radius 2 is 2.05 bits per heavy atom. The van der Waals surface area contributed by atoms with Crippen molar-refractivity contribution in [2.45, 2.75) is 19.4 Å². The van der Waals surface area contributed by atoms with Gasteiger partial charge in [0.1, 0.15) is 5.82 Å². The predicted molar refractivity (Wildman–Crippen MR) is 77.0 cm³/mol. The first-order valence-corrected chi connectivity index (χ1v) is 6.74. The van der Waals surface area contributed by atoms with Gasteiger partial charge in [-0.25, -0.2) is 4.39 Å². The van der Waals surface area contributed by atoms with E-state index in [0.29, 0.717) is 17.3 Å². The Kier molecular flexibility index (Phi) is 6.23. The summed E-state index contributed by atoms with van der Waals surface area (Å²) in [7, 11) is 0. The molecular weight excluding hydrogens is 337 g/mol. The lowest BCUT2D eigenvalue weighted by molar-refractivity contribution is -0.143. The van der Waals surface area contributed by atoms with Crippen LogP contribution in [-0.2, 0) is 11.3 Å². The van der Waals surface area contributed by atoms with Crippen LogP contribution in [-0.4, -0.2) is 29.1 Å². The summed E-state index contributed by atoms with van der Waals surface area (Å²) in [6.45, 7) is 2.31. The molecule has 1 aromatic rings. The Labute approximate surface area is 126 Å². The van der Waals surface area contributed by atoms with Crippen molar-refractivity contribution in [2.75, 3.05) is 13.1 Å². The van der Waals surface area contributed by atoms with Crippen LogP contribution in [0.3, 0.4) is 0 Å². The Morgan fingerprint density at radius 3 is 2.58 bits per heavy atom. The second-order valence-corrected chi connectivity index (χ2v) is 5.49. The molecule has 0 bridgehead atoms. The van der Waals surface area contributed by atoms with Crippen molar-refractivity contribution >= 4 is 34.3 Å². The number of piperidine rings is 1. The SMILES string of the molecule is Cl.O=C(O)C1CCN(Cc2ccc(F)c(Br)c2)CC1. The summed E-state index contributed by atoms with van der Waals surface area (Å²) < 4.78 is 13.6. The Morgan fingerprint density at radius 1 is 1.42 bits per heavy atom. The van der Waals surface area contributed by atoms with Gasteiger partial charge in [0.15, 0.2) is 0 Å². The van der Waals surface area contributed by atoms with Gasteiger partial charge >= 0.3 is 5.97 Å². The minimum atomic E-state index is -0.695. The van der Waals surface area contributed by atoms with Crippen molar-refractivity contribution in [1.29, 1.82) is 0 Å². The molecule has 1 heterocycles. The van der Waals surface area contributed by atoms with Gasteiger partial charge in [-0.3, -0.25) is 9.69 Å². The lowest BCUT2D eigenvalue weighted by Crippen LogP contribution is -2.35. The van der Waals surface area contributed by atoms with Gasteiger partial charge < -0.3 is 5.11 Å². The highest BCUT2D eigenvalue weighted by molar-refractivity contribution is 9.10. The monoisotopic (exact) mass is 351 g/mol. The molecule has 0 spiro atoms. The summed E-state index contributed by atoms with van der Waals surface area (Å²) in [5, 5.41) is 8.91. The van der Waals surface area contributed by atoms with Crippen molar-refractivity contribution < 1.29 is 14.3 Å². The number of hydrogen-bond donors (Lipinski definition) is 1. The maximum atomic E-state index is 13.1. The molecule has 0 unspecified atom stereocenters. The molecule has 1 fully saturated rings. The number of hydrogen-bond acceptors (Lipinski definition) is 2. The topological polar surface area (TPSA) is 40.5 Å². The molecule has 0 aliphatic carbocycles. The van der Waals surface area contributed by atoms with Gasteiger partial charge in [-0.2, -0.15) is 0 Å². The maximum Gasteiger partial charge on any atom is 0.306 e. The van der Waals surface area contributed by atoms with Crippen molar-refractivity contribution in [3.05, 3.63) is 34.1 Å². The average Bonchev–Trinajstić information content (AvgIpc) is 2.34. The quantitative estimate of drug-likeness (QED) is 0.907. The van der Waals surface area contributed by atoms with Crippen LogP contribution in [0.15, 0.2) is 22.7 Å². The minimum absolute atomic E-state index is 0. The van der Waals surface area contributed by atoms with Crippen LogP contribution in [0, 0.1) is 11.7 Å². The first-order valence-electron chi connectivity index (χ1n) is 5.95. The molecule has 6 heteroatoms. The summed E-state index contributed by atoms with van der Waals surface area (Å²) in [5.41, 5.74) is 1.04. The Bertz CT molecular complexity index is 450. The summed E-state index contributed by atoms with van der Waals surface area (Å²) in [4.78, 5) is 13.0. The van der Waals surface area contributed by atoms with E-state index in [1.165, 1.54) is 6.07 Å². The average molecular weight is 353 g/mol. The van der Waals surface area contributed by atoms with E-state index >= 15 is 0 Å². The number of rotatable bonds is 3. The van der Waals surface area contributed by atoms with Crippen molar-refractivity contribution in [3.8, 4) is 0 Å². The largest absolute Gasteiger partial charge is 0.481 e. The van der Waals surface area contributed by atoms with E-state index in [4.69, 9.17) is 5.11 Å². The van der Waals surface area contributed by atoms with Gasteiger partial charge in [0.2, 0.25) is 0 Å². The van der Waals surface area contributed by atoms with Crippen LogP contribution in [0.1, 0.15) is 18.4 Å². The van der Waals surface area contributed by atoms with Crippen LogP contribution >= 0.6 is 28.3 Å². The van der Waals surface area contributed by atoms with Crippen molar-refractivity contribution in [1.82, 2.24) is 4.90 Å². The molecule has 0 atom stereocenters. The number of carboxylic acid groups (broad SMARTS) is 1. The molecule has 2 rings (SSSR count). The summed E-state index contributed by atoms with van der Waals surface area (Å²) in [6.07, 6.45) is 1.38. The second-order valence-electron chi connectivity index (χ2n) is 4.64. The number of carboxylic acids is 1. The van der Waals surface area contributed by atoms with Gasteiger partial charge in [0.05, 0.1) is 10.4 Å². The van der Waals surface area contributed by atoms with Gasteiger partial charge in [-0.15, -0.1) is 12.4 Å². The molecule has 1 saturated heterocycles. The molecule has 1 aliphatic heterocycles. The fourth-order valence-corrected chi connectivity index (χ4v) is 2.66. The lowest BCUT2D eigenvalue weighted by atomic mass is 9.97. The summed E-state index contributed by atoms with van der Waals surface area (Å²) in [6, 6.07) is 4.99. The zero-order chi connectivity index (χ0) is 13.1. The molecular formula is C13H16BrClFNO2. The van der Waals surface area contributed by atoms with Gasteiger partial charge in [0.25, 0.3) is 0 Å². The van der Waals surface area contributed by atoms with E-state index in [9.17, 15) is 9.18 Å². The van der Waals surface area contributed by atoms with E-state index in [0.717, 1.165) is 25.2 Å². The third kappa shape index (κ3) is 4.44. The fourth-order valence-electron chi connectivity index (χ4n) is 2.23. The Balaban J connectivity index is 0.00000180. The highest BCUT2D eigenvalue weighted by atomic mass is 79.9. The van der Waals surface area contributed by atoms with Gasteiger partial charge in [-0.1, -0.05) is 6.07 Å². The van der Waals surface area contributed by atoms with E-state index in [-0.39, 0.29) is 24.1 Å². The van der Waals surface area contributed by atoms with Crippen LogP contribution in [0.5, 0.6) is 0 Å². The number of nitrogens with zero attached hydrogens (tertiary/aromatic N) is 1. The zero-order valence-corrected chi connectivity index (χ0v) is 12.7. The molecule has 106 valence electrons. The molecule has 0 amide bonds. The summed E-state index contributed by atoms with van der Waals surface area (Å²) >= 11 is 3.17. The number of aliphatic carboxylic acids is 1. The number of benzene rings is 1. The van der Waals surface area contributed by atoms with Crippen molar-refractivity contribution in [3.63, 3.8) is 0 Å². The molecule has 0 saturated carbocycles. The normalized spacial score (nSPS) is 16.9. The molecule has 0 radical (unpaired) electrons. The van der Waals surface area contributed by atoms with E-state index < -0.39 is 5.97 Å². The number of carbonyl (C=O) groups is 1. The molecule has 19 heavy (non-hydrogen) atoms. The first kappa shape index (κ1) is 16.4. The number of halogens is 3. The molecule has 1 aliphatic rings. The zero-order valence-electron chi connectivity index (χ0n) is 10.3. The van der Waals surface area contributed by atoms with E-state index in [2.05, 4.69) is 20.8 Å². The minimum Gasteiger partial charge on any atom is -0.481 e. The first-order chi connectivity index (χ1) is 8.56. The standard InChI is InChI=1S/C13H15BrFNO2.ClH/c14-11-7-9(1-2-12(11)15)8-16-5-3-10(4-6-16)13(17)18;/h1-2,7,10H,3-6,8H2,(H,17,18);1H.